The van der Waals surface area contributed by atoms with Crippen LogP contribution in [0.25, 0.3) is 21.9 Å². The molecule has 0 heterocycles. The van der Waals surface area contributed by atoms with Crippen molar-refractivity contribution in [1.82, 2.24) is 5.32 Å². The van der Waals surface area contributed by atoms with E-state index in [-0.39, 0.29) is 12.0 Å². The largest absolute Gasteiger partial charge is 0.449 e. The fourth-order valence-electron chi connectivity index (χ4n) is 4.74. The van der Waals surface area contributed by atoms with E-state index in [9.17, 15) is 4.79 Å². The van der Waals surface area contributed by atoms with Crippen LogP contribution in [-0.4, -0.2) is 19.2 Å². The summed E-state index contributed by atoms with van der Waals surface area (Å²) in [6, 6.07) is 28.9. The summed E-state index contributed by atoms with van der Waals surface area (Å²) in [5, 5.41) is 5.15. The molecule has 0 aliphatic heterocycles. The maximum Gasteiger partial charge on any atom is 0.407 e. The third-order valence-electron chi connectivity index (χ3n) is 6.28. The van der Waals surface area contributed by atoms with Crippen LogP contribution in [-0.2, 0) is 11.2 Å². The summed E-state index contributed by atoms with van der Waals surface area (Å²) >= 11 is 0. The lowest BCUT2D eigenvalue weighted by Crippen LogP contribution is -2.27. The first-order valence-electron chi connectivity index (χ1n) is 11.1. The van der Waals surface area contributed by atoms with Crippen LogP contribution in [0.5, 0.6) is 0 Å². The minimum absolute atomic E-state index is 0.0780. The van der Waals surface area contributed by atoms with Gasteiger partial charge in [-0.05, 0) is 52.1 Å². The van der Waals surface area contributed by atoms with E-state index >= 15 is 0 Å². The topological polar surface area (TPSA) is 64.3 Å². The van der Waals surface area contributed by atoms with Crippen molar-refractivity contribution < 1.29 is 9.53 Å². The Hall–Kier alpha value is -3.79. The second-order valence-electron chi connectivity index (χ2n) is 8.22. The molecule has 0 saturated heterocycles. The summed E-state index contributed by atoms with van der Waals surface area (Å²) in [6.45, 7) is 0.901. The number of nitrogens with two attached hydrogens (primary N) is 1. The van der Waals surface area contributed by atoms with Gasteiger partial charge in [0.25, 0.3) is 0 Å². The van der Waals surface area contributed by atoms with E-state index in [1.165, 1.54) is 33.2 Å². The molecule has 0 unspecified atom stereocenters. The molecule has 4 aromatic rings. The van der Waals surface area contributed by atoms with Crippen molar-refractivity contribution in [2.75, 3.05) is 18.9 Å². The Morgan fingerprint density at radius 3 is 2.22 bits per heavy atom. The average molecular weight is 423 g/mol. The quantitative estimate of drug-likeness (QED) is 0.301. The van der Waals surface area contributed by atoms with Crippen LogP contribution in [0.2, 0.25) is 0 Å². The number of nitrogen functional groups attached to an aromatic ring is 1. The number of fused-ring (bicyclic) bond motifs is 4. The second-order valence-corrected chi connectivity index (χ2v) is 8.22. The number of hydrogen-bond donors (Lipinski definition) is 2. The van der Waals surface area contributed by atoms with Gasteiger partial charge in [-0.15, -0.1) is 0 Å². The molecular formula is C28H26N2O2. The maximum atomic E-state index is 12.3. The van der Waals surface area contributed by atoms with Gasteiger partial charge in [0.05, 0.1) is 0 Å². The Labute approximate surface area is 188 Å². The number of rotatable bonds is 6. The first-order chi connectivity index (χ1) is 15.7. The number of benzene rings is 4. The summed E-state index contributed by atoms with van der Waals surface area (Å²) in [5.74, 6) is 0.0780. The van der Waals surface area contributed by atoms with Crippen molar-refractivity contribution >= 4 is 22.6 Å². The number of anilines is 1. The van der Waals surface area contributed by atoms with Gasteiger partial charge in [0.1, 0.15) is 6.61 Å². The van der Waals surface area contributed by atoms with Crippen molar-refractivity contribution in [3.8, 4) is 11.1 Å². The van der Waals surface area contributed by atoms with E-state index in [2.05, 4.69) is 53.8 Å². The van der Waals surface area contributed by atoms with Gasteiger partial charge in [0.2, 0.25) is 0 Å². The molecule has 4 heteroatoms. The minimum Gasteiger partial charge on any atom is -0.449 e. The number of nitrogens with one attached hydrogen (secondary N) is 1. The monoisotopic (exact) mass is 422 g/mol. The van der Waals surface area contributed by atoms with Crippen LogP contribution >= 0.6 is 0 Å². The highest BCUT2D eigenvalue weighted by atomic mass is 16.5. The zero-order valence-corrected chi connectivity index (χ0v) is 17.9. The van der Waals surface area contributed by atoms with E-state index in [1.54, 1.807) is 0 Å². The van der Waals surface area contributed by atoms with Gasteiger partial charge in [0.15, 0.2) is 0 Å². The molecule has 4 aromatic carbocycles. The van der Waals surface area contributed by atoms with Gasteiger partial charge in [-0.2, -0.15) is 0 Å². The molecule has 3 N–H and O–H groups in total. The average Bonchev–Trinajstić information content (AvgIpc) is 3.15. The molecular weight excluding hydrogens is 396 g/mol. The van der Waals surface area contributed by atoms with Crippen LogP contribution in [0.4, 0.5) is 10.5 Å². The highest BCUT2D eigenvalue weighted by Crippen LogP contribution is 2.44. The van der Waals surface area contributed by atoms with Crippen LogP contribution in [0, 0.1) is 0 Å². The molecule has 160 valence electrons. The SMILES string of the molecule is Nc1cccc2c(CCCNC(=O)OCC3c4ccccc4-c4ccccc43)cccc12. The van der Waals surface area contributed by atoms with Crippen molar-refractivity contribution in [3.63, 3.8) is 0 Å². The number of hydrogen-bond acceptors (Lipinski definition) is 3. The third-order valence-corrected chi connectivity index (χ3v) is 6.28. The fourth-order valence-corrected chi connectivity index (χ4v) is 4.74. The van der Waals surface area contributed by atoms with E-state index in [0.29, 0.717) is 13.2 Å². The lowest BCUT2D eigenvalue weighted by molar-refractivity contribution is 0.143. The van der Waals surface area contributed by atoms with Gasteiger partial charge < -0.3 is 15.8 Å². The smallest absolute Gasteiger partial charge is 0.407 e. The summed E-state index contributed by atoms with van der Waals surface area (Å²) in [6.07, 6.45) is 1.33. The molecule has 0 spiro atoms. The number of aryl methyl sites for hydroxylation is 1. The van der Waals surface area contributed by atoms with Crippen LogP contribution in [0.1, 0.15) is 29.0 Å². The van der Waals surface area contributed by atoms with Crippen molar-refractivity contribution in [2.45, 2.75) is 18.8 Å². The molecule has 4 nitrogen and oxygen atoms in total. The van der Waals surface area contributed by atoms with Crippen molar-refractivity contribution in [2.24, 2.45) is 0 Å². The highest BCUT2D eigenvalue weighted by Gasteiger charge is 2.28. The van der Waals surface area contributed by atoms with Gasteiger partial charge in [-0.1, -0.05) is 78.9 Å². The summed E-state index contributed by atoms with van der Waals surface area (Å²) < 4.78 is 5.61. The summed E-state index contributed by atoms with van der Waals surface area (Å²) in [4.78, 5) is 12.3. The molecule has 32 heavy (non-hydrogen) atoms. The zero-order valence-electron chi connectivity index (χ0n) is 17.9. The Balaban J connectivity index is 1.16. The molecule has 5 rings (SSSR count). The van der Waals surface area contributed by atoms with E-state index in [0.717, 1.165) is 23.9 Å². The number of amides is 1. The van der Waals surface area contributed by atoms with Gasteiger partial charge in [-0.3, -0.25) is 0 Å². The predicted octanol–water partition coefficient (Wildman–Crippen LogP) is 5.89. The Bertz CT molecular complexity index is 1240. The standard InChI is InChI=1S/C28H26N2O2/c29-27-16-6-14-20-19(8-5-15-25(20)27)9-7-17-30-28(31)32-18-26-23-12-3-1-10-21(23)22-11-2-4-13-24(22)26/h1-6,8,10-16,26H,7,9,17-18,29H2,(H,30,31). The van der Waals surface area contributed by atoms with E-state index in [1.807, 2.05) is 36.4 Å². The lowest BCUT2D eigenvalue weighted by atomic mass is 9.98. The third kappa shape index (κ3) is 3.80. The molecule has 0 bridgehead atoms. The number of ether oxygens (including phenoxy) is 1. The van der Waals surface area contributed by atoms with Gasteiger partial charge >= 0.3 is 6.09 Å². The maximum absolute atomic E-state index is 12.3. The van der Waals surface area contributed by atoms with E-state index in [4.69, 9.17) is 10.5 Å². The number of carbonyl (C=O) groups is 1. The molecule has 0 atom stereocenters. The number of carbonyl (C=O) groups excluding carboxylic acids is 1. The zero-order chi connectivity index (χ0) is 21.9. The molecule has 0 saturated carbocycles. The molecule has 0 fully saturated rings. The van der Waals surface area contributed by atoms with Crippen LogP contribution < -0.4 is 11.1 Å². The van der Waals surface area contributed by atoms with Gasteiger partial charge in [0, 0.05) is 23.5 Å². The van der Waals surface area contributed by atoms with Gasteiger partial charge in [-0.25, -0.2) is 4.79 Å². The first kappa shape index (κ1) is 20.1. The Morgan fingerprint density at radius 1 is 0.812 bits per heavy atom. The Morgan fingerprint density at radius 2 is 1.47 bits per heavy atom. The van der Waals surface area contributed by atoms with Crippen LogP contribution in [0.3, 0.4) is 0 Å². The fraction of sp³-hybridized carbons (Fsp3) is 0.179. The number of alkyl carbamates (subject to hydrolysis) is 1. The molecule has 0 radical (unpaired) electrons. The Kier molecular flexibility index (Phi) is 5.51. The molecule has 1 aliphatic rings. The van der Waals surface area contributed by atoms with E-state index < -0.39 is 0 Å². The summed E-state index contributed by atoms with van der Waals surface area (Å²) in [7, 11) is 0. The van der Waals surface area contributed by atoms with Crippen LogP contribution in [0.15, 0.2) is 84.9 Å². The second kappa shape index (κ2) is 8.75. The first-order valence-corrected chi connectivity index (χ1v) is 11.1. The normalized spacial score (nSPS) is 12.4. The summed E-state index contributed by atoms with van der Waals surface area (Å²) in [5.41, 5.74) is 13.0. The van der Waals surface area contributed by atoms with Crippen molar-refractivity contribution in [1.29, 1.82) is 0 Å². The molecule has 1 amide bonds. The lowest BCUT2D eigenvalue weighted by Gasteiger charge is -2.14. The highest BCUT2D eigenvalue weighted by molar-refractivity contribution is 5.94. The predicted molar refractivity (Wildman–Crippen MR) is 130 cm³/mol. The van der Waals surface area contributed by atoms with Crippen molar-refractivity contribution in [3.05, 3.63) is 102 Å². The molecule has 1 aliphatic carbocycles. The molecule has 0 aromatic heterocycles. The minimum atomic E-state index is -0.367.